The number of hydrogen-bond donors (Lipinski definition) is 0. The minimum absolute atomic E-state index is 0.926. The van der Waals surface area contributed by atoms with Crippen LogP contribution in [0.15, 0.2) is 0 Å². The Balaban J connectivity index is 2.19. The second kappa shape index (κ2) is 0.432. The van der Waals surface area contributed by atoms with Gasteiger partial charge >= 0.3 is 0 Å². The lowest BCUT2D eigenvalue weighted by atomic mass is 10.4. The Morgan fingerprint density at radius 1 is 1.80 bits per heavy atom. The van der Waals surface area contributed by atoms with Crippen molar-refractivity contribution in [2.24, 2.45) is 5.92 Å². The third kappa shape index (κ3) is 0.127. The van der Waals surface area contributed by atoms with Crippen LogP contribution in [0.4, 0.5) is 0 Å². The molecule has 0 aromatic rings. The van der Waals surface area contributed by atoms with Gasteiger partial charge in [0.25, 0.3) is 0 Å². The van der Waals surface area contributed by atoms with Crippen molar-refractivity contribution in [1.29, 1.82) is 0 Å². The fourth-order valence-electron chi connectivity index (χ4n) is 0.621. The van der Waals surface area contributed by atoms with Crippen LogP contribution in [0, 0.1) is 12.0 Å². The highest BCUT2D eigenvalue weighted by atomic mass is 16.5. The van der Waals surface area contributed by atoms with Crippen molar-refractivity contribution in [1.82, 2.24) is 0 Å². The van der Waals surface area contributed by atoms with E-state index < -0.39 is 0 Å². The van der Waals surface area contributed by atoms with Crippen LogP contribution >= 0.6 is 0 Å². The topological polar surface area (TPSA) is 9.23 Å². The van der Waals surface area contributed by atoms with E-state index in [0.717, 1.165) is 12.5 Å². The van der Waals surface area contributed by atoms with Crippen molar-refractivity contribution in [3.05, 3.63) is 6.10 Å². The lowest BCUT2D eigenvalue weighted by molar-refractivity contribution is 0.0975. The molecule has 1 aliphatic carbocycles. The van der Waals surface area contributed by atoms with Crippen molar-refractivity contribution in [2.45, 2.75) is 6.42 Å². The molecule has 1 unspecified atom stereocenters. The van der Waals surface area contributed by atoms with E-state index in [2.05, 4.69) is 0 Å². The molecular formula is C4H5O. The quantitative estimate of drug-likeness (QED) is 0.404. The Bertz CT molecular complexity index is 48.7. The number of fused-ring (bicyclic) bond motifs is 1. The lowest BCUT2D eigenvalue weighted by Gasteiger charge is -2.06. The van der Waals surface area contributed by atoms with Crippen LogP contribution in [0.5, 0.6) is 0 Å². The third-order valence-electron chi connectivity index (χ3n) is 1.21. The second-order valence-corrected chi connectivity index (χ2v) is 1.68. The molecule has 0 aromatic heterocycles. The van der Waals surface area contributed by atoms with Crippen LogP contribution in [0.1, 0.15) is 6.42 Å². The predicted octanol–water partition coefficient (Wildman–Crippen LogP) is 0.568. The zero-order valence-electron chi connectivity index (χ0n) is 2.90. The average Bonchev–Trinajstić information content (AvgIpc) is 1.74. The maximum absolute atomic E-state index is 4.92. The maximum atomic E-state index is 4.92. The lowest BCUT2D eigenvalue weighted by Crippen LogP contribution is -2.05. The molecule has 2 rings (SSSR count). The molecule has 0 amide bonds. The summed E-state index contributed by atoms with van der Waals surface area (Å²) in [5, 5.41) is 0. The molecular weight excluding hydrogens is 64.0 g/mol. The van der Waals surface area contributed by atoms with Crippen molar-refractivity contribution >= 4 is 0 Å². The van der Waals surface area contributed by atoms with Crippen LogP contribution in [-0.4, -0.2) is 6.61 Å². The molecule has 0 bridgehead atoms. The van der Waals surface area contributed by atoms with Crippen LogP contribution < -0.4 is 0 Å². The summed E-state index contributed by atoms with van der Waals surface area (Å²) in [5.41, 5.74) is 0. The first-order valence-electron chi connectivity index (χ1n) is 1.95. The summed E-state index contributed by atoms with van der Waals surface area (Å²) in [6.45, 7) is 1.02. The first-order valence-corrected chi connectivity index (χ1v) is 1.95. The van der Waals surface area contributed by atoms with E-state index in [-0.39, 0.29) is 0 Å². The van der Waals surface area contributed by atoms with E-state index in [1.807, 2.05) is 0 Å². The first kappa shape index (κ1) is 2.19. The average molecular weight is 69.1 g/mol. The first-order chi connectivity index (χ1) is 2.47. The van der Waals surface area contributed by atoms with E-state index in [4.69, 9.17) is 4.74 Å². The second-order valence-electron chi connectivity index (χ2n) is 1.68. The van der Waals surface area contributed by atoms with E-state index in [1.54, 1.807) is 0 Å². The third-order valence-corrected chi connectivity index (χ3v) is 1.21. The molecule has 1 saturated heterocycles. The molecule has 0 spiro atoms. The van der Waals surface area contributed by atoms with Gasteiger partial charge in [-0.3, -0.25) is 0 Å². The smallest absolute Gasteiger partial charge is 0.103 e. The number of ether oxygens (including phenoxy) is 1. The Labute approximate surface area is 30.9 Å². The van der Waals surface area contributed by atoms with Gasteiger partial charge in [0.05, 0.1) is 6.61 Å². The van der Waals surface area contributed by atoms with Gasteiger partial charge in [-0.15, -0.1) is 0 Å². The monoisotopic (exact) mass is 69.0 g/mol. The molecule has 1 atom stereocenters. The summed E-state index contributed by atoms with van der Waals surface area (Å²) in [4.78, 5) is 0. The van der Waals surface area contributed by atoms with Gasteiger partial charge in [-0.1, -0.05) is 0 Å². The van der Waals surface area contributed by atoms with Crippen LogP contribution in [0.2, 0.25) is 0 Å². The SMILES string of the molecule is C1O[C]2CC12. The molecule has 0 aromatic carbocycles. The normalized spacial score (nSPS) is 46.8. The van der Waals surface area contributed by atoms with Gasteiger partial charge in [-0.2, -0.15) is 0 Å². The zero-order chi connectivity index (χ0) is 3.28. The zero-order valence-corrected chi connectivity index (χ0v) is 2.90. The summed E-state index contributed by atoms with van der Waals surface area (Å²) in [7, 11) is 0. The van der Waals surface area contributed by atoms with Crippen LogP contribution in [0.3, 0.4) is 0 Å². The standard InChI is InChI=1S/C4H5O/c1-3-2-5-4(1)3/h3H,1-2H2. The molecule has 2 fully saturated rings. The molecule has 5 heavy (non-hydrogen) atoms. The van der Waals surface area contributed by atoms with Gasteiger partial charge in [-0.05, 0) is 6.42 Å². The number of hydrogen-bond acceptors (Lipinski definition) is 1. The van der Waals surface area contributed by atoms with Crippen molar-refractivity contribution < 1.29 is 4.74 Å². The number of rotatable bonds is 0. The van der Waals surface area contributed by atoms with E-state index in [1.165, 1.54) is 12.5 Å². The molecule has 1 saturated carbocycles. The molecule has 1 radical (unpaired) electrons. The summed E-state index contributed by atoms with van der Waals surface area (Å²) in [6, 6.07) is 0. The molecule has 0 N–H and O–H groups in total. The highest BCUT2D eigenvalue weighted by Crippen LogP contribution is 2.50. The largest absolute Gasteiger partial charge is 0.371 e. The van der Waals surface area contributed by atoms with Crippen molar-refractivity contribution in [3.63, 3.8) is 0 Å². The Morgan fingerprint density at radius 3 is 2.60 bits per heavy atom. The molecule has 27 valence electrons. The molecule has 2 aliphatic rings. The summed E-state index contributed by atoms with van der Waals surface area (Å²) in [6.07, 6.45) is 2.63. The van der Waals surface area contributed by atoms with Crippen molar-refractivity contribution in [3.8, 4) is 0 Å². The van der Waals surface area contributed by atoms with Gasteiger partial charge in [0.15, 0.2) is 0 Å². The summed E-state index contributed by atoms with van der Waals surface area (Å²) < 4.78 is 4.92. The van der Waals surface area contributed by atoms with Crippen molar-refractivity contribution in [2.75, 3.05) is 6.61 Å². The van der Waals surface area contributed by atoms with Crippen LogP contribution in [0.25, 0.3) is 0 Å². The minimum Gasteiger partial charge on any atom is -0.371 e. The van der Waals surface area contributed by atoms with Gasteiger partial charge in [0.1, 0.15) is 6.10 Å². The summed E-state index contributed by atoms with van der Waals surface area (Å²) >= 11 is 0. The van der Waals surface area contributed by atoms with E-state index in [9.17, 15) is 0 Å². The molecule has 1 aliphatic heterocycles. The molecule has 1 heteroatoms. The maximum Gasteiger partial charge on any atom is 0.103 e. The molecule has 1 nitrogen and oxygen atoms in total. The Kier molecular flexibility index (Phi) is 0.189. The Hall–Kier alpha value is -0.0400. The van der Waals surface area contributed by atoms with Crippen LogP contribution in [-0.2, 0) is 4.74 Å². The molecule has 1 heterocycles. The van der Waals surface area contributed by atoms with Gasteiger partial charge in [0.2, 0.25) is 0 Å². The fraction of sp³-hybridized carbons (Fsp3) is 0.750. The Morgan fingerprint density at radius 2 is 2.60 bits per heavy atom. The van der Waals surface area contributed by atoms with E-state index in [0.29, 0.717) is 0 Å². The minimum atomic E-state index is 0.926. The fourth-order valence-corrected chi connectivity index (χ4v) is 0.621. The van der Waals surface area contributed by atoms with Gasteiger partial charge in [-0.25, -0.2) is 0 Å². The summed E-state index contributed by atoms with van der Waals surface area (Å²) in [5.74, 6) is 0.926. The van der Waals surface area contributed by atoms with Gasteiger partial charge < -0.3 is 4.74 Å². The highest BCUT2D eigenvalue weighted by molar-refractivity contribution is 5.12. The van der Waals surface area contributed by atoms with E-state index >= 15 is 0 Å². The predicted molar refractivity (Wildman–Crippen MR) is 17.3 cm³/mol. The van der Waals surface area contributed by atoms with Gasteiger partial charge in [0, 0.05) is 5.92 Å². The highest BCUT2D eigenvalue weighted by Gasteiger charge is 2.48.